The van der Waals surface area contributed by atoms with Crippen LogP contribution in [0.2, 0.25) is 0 Å². The Hall–Kier alpha value is -3.22. The Morgan fingerprint density at radius 2 is 0.590 bits per heavy atom. The van der Waals surface area contributed by atoms with Crippen LogP contribution in [0, 0.1) is 0 Å². The van der Waals surface area contributed by atoms with Crippen molar-refractivity contribution >= 4 is 11.4 Å². The molecule has 2 aromatic carbocycles. The van der Waals surface area contributed by atoms with E-state index in [1.165, 1.54) is 0 Å². The molecule has 2 rings (SSSR count). The van der Waals surface area contributed by atoms with Crippen LogP contribution in [0.5, 0.6) is 0 Å². The molecule has 0 spiro atoms. The van der Waals surface area contributed by atoms with Gasteiger partial charge < -0.3 is 11.5 Å². The van der Waals surface area contributed by atoms with E-state index in [0.717, 1.165) is 0 Å². The molecule has 0 unspecified atom stereocenters. The number of hydrogen-bond donors (Lipinski definition) is 2. The van der Waals surface area contributed by atoms with E-state index in [-0.39, 0.29) is 0 Å². The molecule has 0 aliphatic rings. The number of hydrogen-bond acceptors (Lipinski definition) is 2. The summed E-state index contributed by atoms with van der Waals surface area (Å²) in [6.07, 6.45) is -41.6. The van der Waals surface area contributed by atoms with Crippen molar-refractivity contribution in [3.05, 3.63) is 57.6 Å². The Kier molecular flexibility index (Phi) is 7.30. The molecule has 2 nitrogen and oxygen atoms in total. The van der Waals surface area contributed by atoms with Gasteiger partial charge in [0.05, 0.1) is 22.3 Å². The molecule has 4 N–H and O–H groups in total. The summed E-state index contributed by atoms with van der Waals surface area (Å²) in [4.78, 5) is 0. The van der Waals surface area contributed by atoms with Crippen molar-refractivity contribution in [1.29, 1.82) is 0 Å². The fourth-order valence-electron chi connectivity index (χ4n) is 3.98. The van der Waals surface area contributed by atoms with Gasteiger partial charge in [-0.05, 0) is 23.3 Å². The minimum atomic E-state index is -7.50. The molecule has 220 valence electrons. The SMILES string of the molecule is Nc1ccc(C(c2ccc(N)c(C(F)(F)F)c2C(F)(F)F)(C(F)(F)F)C(F)(F)F)c(C(F)(F)F)c1C(F)(F)F. The quantitative estimate of drug-likeness (QED) is 0.267. The second-order valence-electron chi connectivity index (χ2n) is 7.64. The Morgan fingerprint density at radius 1 is 0.359 bits per heavy atom. The molecule has 0 saturated carbocycles. The van der Waals surface area contributed by atoms with Crippen molar-refractivity contribution in [3.8, 4) is 0 Å². The zero-order valence-corrected chi connectivity index (χ0v) is 17.8. The Bertz CT molecular complexity index is 1140. The fraction of sp³-hybridized carbons (Fsp3) is 0.368. The second-order valence-corrected chi connectivity index (χ2v) is 7.64. The minimum absolute atomic E-state index is 0.547. The van der Waals surface area contributed by atoms with Crippen LogP contribution in [0.1, 0.15) is 33.4 Å². The van der Waals surface area contributed by atoms with Crippen LogP contribution in [-0.2, 0) is 30.1 Å². The molecule has 0 aliphatic heterocycles. The van der Waals surface area contributed by atoms with Crippen LogP contribution in [0.4, 0.5) is 90.4 Å². The van der Waals surface area contributed by atoms with Crippen LogP contribution in [-0.4, -0.2) is 12.4 Å². The van der Waals surface area contributed by atoms with Crippen LogP contribution in [0.15, 0.2) is 24.3 Å². The first-order chi connectivity index (χ1) is 17.0. The standard InChI is InChI=1S/C19H8F18N2/c20-14(21,22)9-5(1-3-7(38)11(9)16(26,27)28)13(18(32,33)34,19(35,36)37)6-2-4-8(39)12(17(29,30)31)10(6)15(23,24)25/h1-4H,38-39H2. The topological polar surface area (TPSA) is 52.0 Å². The van der Waals surface area contributed by atoms with Crippen molar-refractivity contribution in [3.63, 3.8) is 0 Å². The van der Waals surface area contributed by atoms with Crippen LogP contribution >= 0.6 is 0 Å². The average Bonchev–Trinajstić information content (AvgIpc) is 2.64. The minimum Gasteiger partial charge on any atom is -0.398 e. The lowest BCUT2D eigenvalue weighted by Crippen LogP contribution is -2.57. The lowest BCUT2D eigenvalue weighted by Gasteiger charge is -2.41. The Morgan fingerprint density at radius 3 is 0.769 bits per heavy atom. The van der Waals surface area contributed by atoms with Gasteiger partial charge in [-0.15, -0.1) is 0 Å². The monoisotopic (exact) mass is 606 g/mol. The lowest BCUT2D eigenvalue weighted by atomic mass is 9.68. The molecule has 0 atom stereocenters. The molecule has 0 radical (unpaired) electrons. The molecular weight excluding hydrogens is 598 g/mol. The lowest BCUT2D eigenvalue weighted by molar-refractivity contribution is -0.291. The van der Waals surface area contributed by atoms with E-state index in [9.17, 15) is 79.0 Å². The summed E-state index contributed by atoms with van der Waals surface area (Å²) in [6, 6.07) is -2.99. The third kappa shape index (κ3) is 5.20. The molecule has 2 aromatic rings. The first kappa shape index (κ1) is 32.0. The molecule has 0 bridgehead atoms. The second kappa shape index (κ2) is 8.90. The van der Waals surface area contributed by atoms with Gasteiger partial charge in [-0.25, -0.2) is 0 Å². The third-order valence-electron chi connectivity index (χ3n) is 5.27. The molecule has 0 aromatic heterocycles. The molecule has 0 saturated heterocycles. The van der Waals surface area contributed by atoms with E-state index in [2.05, 4.69) is 0 Å². The summed E-state index contributed by atoms with van der Waals surface area (Å²) in [6.45, 7) is 0. The number of anilines is 2. The van der Waals surface area contributed by atoms with Gasteiger partial charge in [0.2, 0.25) is 5.41 Å². The number of alkyl halides is 18. The van der Waals surface area contributed by atoms with Crippen molar-refractivity contribution in [2.75, 3.05) is 11.5 Å². The van der Waals surface area contributed by atoms with Crippen LogP contribution in [0.3, 0.4) is 0 Å². The van der Waals surface area contributed by atoms with Crippen LogP contribution < -0.4 is 11.5 Å². The normalized spacial score (nSPS) is 14.6. The van der Waals surface area contributed by atoms with E-state index < -0.39 is 111 Å². The van der Waals surface area contributed by atoms with Crippen molar-refractivity contribution < 1.29 is 79.0 Å². The zero-order valence-electron chi connectivity index (χ0n) is 17.8. The summed E-state index contributed by atoms with van der Waals surface area (Å²) in [5, 5.41) is 0. The molecule has 0 fully saturated rings. The number of benzene rings is 2. The predicted molar refractivity (Wildman–Crippen MR) is 94.6 cm³/mol. The highest BCUT2D eigenvalue weighted by molar-refractivity contribution is 5.65. The zero-order chi connectivity index (χ0) is 30.9. The van der Waals surface area contributed by atoms with Gasteiger partial charge in [0.25, 0.3) is 0 Å². The highest BCUT2D eigenvalue weighted by Crippen LogP contribution is 2.62. The first-order valence-corrected chi connectivity index (χ1v) is 9.30. The Balaban J connectivity index is 3.55. The van der Waals surface area contributed by atoms with Crippen molar-refractivity contribution in [2.24, 2.45) is 0 Å². The van der Waals surface area contributed by atoms with Gasteiger partial charge >= 0.3 is 37.1 Å². The average molecular weight is 606 g/mol. The molecule has 0 aliphatic carbocycles. The summed E-state index contributed by atoms with van der Waals surface area (Å²) in [5.74, 6) is 0. The highest BCUT2D eigenvalue weighted by atomic mass is 19.4. The van der Waals surface area contributed by atoms with E-state index in [1.807, 2.05) is 0 Å². The van der Waals surface area contributed by atoms with Gasteiger partial charge in [0.15, 0.2) is 0 Å². The molecule has 20 heteroatoms. The fourth-order valence-corrected chi connectivity index (χ4v) is 3.98. The van der Waals surface area contributed by atoms with Crippen LogP contribution in [0.25, 0.3) is 0 Å². The number of rotatable bonds is 2. The van der Waals surface area contributed by atoms with Gasteiger partial charge in [-0.2, -0.15) is 79.0 Å². The summed E-state index contributed by atoms with van der Waals surface area (Å²) >= 11 is 0. The molecule has 39 heavy (non-hydrogen) atoms. The maximum Gasteiger partial charge on any atom is 0.418 e. The summed E-state index contributed by atoms with van der Waals surface area (Å²) in [5.41, 5.74) is -23.0. The highest BCUT2D eigenvalue weighted by Gasteiger charge is 2.76. The van der Waals surface area contributed by atoms with Gasteiger partial charge in [0, 0.05) is 11.4 Å². The molecular formula is C19H8F18N2. The summed E-state index contributed by atoms with van der Waals surface area (Å²) in [7, 11) is 0. The first-order valence-electron chi connectivity index (χ1n) is 9.30. The maximum absolute atomic E-state index is 14.4. The largest absolute Gasteiger partial charge is 0.418 e. The number of nitrogen functional groups attached to an aromatic ring is 2. The van der Waals surface area contributed by atoms with Gasteiger partial charge in [0.1, 0.15) is 0 Å². The van der Waals surface area contributed by atoms with Gasteiger partial charge in [-0.3, -0.25) is 0 Å². The third-order valence-corrected chi connectivity index (χ3v) is 5.27. The van der Waals surface area contributed by atoms with Gasteiger partial charge in [-0.1, -0.05) is 12.1 Å². The Labute approximate surface area is 203 Å². The van der Waals surface area contributed by atoms with E-state index >= 15 is 0 Å². The number of nitrogens with two attached hydrogens (primary N) is 2. The smallest absolute Gasteiger partial charge is 0.398 e. The molecule has 0 amide bonds. The summed E-state index contributed by atoms with van der Waals surface area (Å²) < 4.78 is 250. The van der Waals surface area contributed by atoms with Crippen molar-refractivity contribution in [2.45, 2.75) is 42.5 Å². The van der Waals surface area contributed by atoms with E-state index in [4.69, 9.17) is 11.5 Å². The van der Waals surface area contributed by atoms with E-state index in [0.29, 0.717) is 0 Å². The number of halogens is 18. The van der Waals surface area contributed by atoms with Crippen molar-refractivity contribution in [1.82, 2.24) is 0 Å². The molecule has 0 heterocycles. The maximum atomic E-state index is 14.4. The predicted octanol–water partition coefficient (Wildman–Crippen LogP) is 8.34. The van der Waals surface area contributed by atoms with E-state index in [1.54, 1.807) is 0 Å².